The van der Waals surface area contributed by atoms with Crippen LogP contribution in [0.15, 0.2) is 42.5 Å². The number of rotatable bonds is 6. The zero-order valence-corrected chi connectivity index (χ0v) is 12.2. The SMILES string of the molecule is Cc1cccc(N(CCCN)Cc2cc(F)cc(F)c2)c1. The molecule has 0 aliphatic rings. The maximum atomic E-state index is 13.3. The number of halogens is 2. The second-order valence-corrected chi connectivity index (χ2v) is 5.18. The van der Waals surface area contributed by atoms with Gasteiger partial charge in [-0.3, -0.25) is 0 Å². The molecule has 0 fully saturated rings. The van der Waals surface area contributed by atoms with E-state index in [4.69, 9.17) is 5.73 Å². The van der Waals surface area contributed by atoms with Crippen LogP contribution < -0.4 is 10.6 Å². The number of benzene rings is 2. The number of nitrogens with two attached hydrogens (primary N) is 1. The minimum atomic E-state index is -0.548. The summed E-state index contributed by atoms with van der Waals surface area (Å²) in [6.45, 7) is 3.81. The van der Waals surface area contributed by atoms with Crippen LogP contribution in [-0.2, 0) is 6.54 Å². The van der Waals surface area contributed by atoms with Gasteiger partial charge in [-0.25, -0.2) is 8.78 Å². The molecule has 0 heterocycles. The molecule has 0 atom stereocenters. The summed E-state index contributed by atoms with van der Waals surface area (Å²) < 4.78 is 26.6. The Morgan fingerprint density at radius 3 is 2.38 bits per heavy atom. The van der Waals surface area contributed by atoms with Crippen molar-refractivity contribution in [3.63, 3.8) is 0 Å². The van der Waals surface area contributed by atoms with E-state index in [1.54, 1.807) is 0 Å². The zero-order chi connectivity index (χ0) is 15.2. The van der Waals surface area contributed by atoms with Gasteiger partial charge in [-0.05, 0) is 55.3 Å². The second kappa shape index (κ2) is 7.18. The molecule has 2 aromatic carbocycles. The number of anilines is 1. The Bertz CT molecular complexity index is 579. The van der Waals surface area contributed by atoms with Crippen molar-refractivity contribution in [2.24, 2.45) is 5.73 Å². The van der Waals surface area contributed by atoms with Crippen LogP contribution >= 0.6 is 0 Å². The van der Waals surface area contributed by atoms with Gasteiger partial charge in [0.05, 0.1) is 0 Å². The van der Waals surface area contributed by atoms with Crippen LogP contribution in [0.3, 0.4) is 0 Å². The van der Waals surface area contributed by atoms with Crippen LogP contribution in [0.2, 0.25) is 0 Å². The molecular formula is C17H20F2N2. The van der Waals surface area contributed by atoms with Crippen LogP contribution in [0.5, 0.6) is 0 Å². The molecule has 0 amide bonds. The van der Waals surface area contributed by atoms with E-state index in [0.717, 1.165) is 30.3 Å². The largest absolute Gasteiger partial charge is 0.367 e. The molecule has 0 spiro atoms. The van der Waals surface area contributed by atoms with E-state index in [1.807, 2.05) is 25.1 Å². The molecule has 21 heavy (non-hydrogen) atoms. The fraction of sp³-hybridized carbons (Fsp3) is 0.294. The van der Waals surface area contributed by atoms with Gasteiger partial charge < -0.3 is 10.6 Å². The second-order valence-electron chi connectivity index (χ2n) is 5.18. The zero-order valence-electron chi connectivity index (χ0n) is 12.2. The predicted octanol–water partition coefficient (Wildman–Crippen LogP) is 3.63. The molecule has 112 valence electrons. The van der Waals surface area contributed by atoms with E-state index < -0.39 is 11.6 Å². The van der Waals surface area contributed by atoms with E-state index in [2.05, 4.69) is 11.0 Å². The third kappa shape index (κ3) is 4.53. The Labute approximate surface area is 124 Å². The fourth-order valence-corrected chi connectivity index (χ4v) is 2.33. The van der Waals surface area contributed by atoms with Crippen LogP contribution in [-0.4, -0.2) is 13.1 Å². The Hall–Kier alpha value is -1.94. The first kappa shape index (κ1) is 15.4. The van der Waals surface area contributed by atoms with Crippen molar-refractivity contribution in [3.8, 4) is 0 Å². The first-order valence-corrected chi connectivity index (χ1v) is 7.05. The fourth-order valence-electron chi connectivity index (χ4n) is 2.33. The standard InChI is InChI=1S/C17H20F2N2/c1-13-4-2-5-17(8-13)21(7-3-6-20)12-14-9-15(18)11-16(19)10-14/h2,4-5,8-11H,3,6-7,12,20H2,1H3. The number of aryl methyl sites for hydroxylation is 1. The van der Waals surface area contributed by atoms with Crippen LogP contribution in [0.25, 0.3) is 0 Å². The topological polar surface area (TPSA) is 29.3 Å². The number of hydrogen-bond donors (Lipinski definition) is 1. The maximum absolute atomic E-state index is 13.3. The molecule has 0 aliphatic heterocycles. The lowest BCUT2D eigenvalue weighted by molar-refractivity contribution is 0.578. The molecule has 2 N–H and O–H groups in total. The van der Waals surface area contributed by atoms with Crippen LogP contribution in [0, 0.1) is 18.6 Å². The van der Waals surface area contributed by atoms with Crippen LogP contribution in [0.4, 0.5) is 14.5 Å². The molecule has 0 saturated carbocycles. The molecule has 0 saturated heterocycles. The first-order valence-electron chi connectivity index (χ1n) is 7.05. The molecule has 0 unspecified atom stereocenters. The highest BCUT2D eigenvalue weighted by Crippen LogP contribution is 2.20. The summed E-state index contributed by atoms with van der Waals surface area (Å²) in [5, 5.41) is 0. The van der Waals surface area contributed by atoms with Crippen molar-refractivity contribution in [3.05, 3.63) is 65.2 Å². The Morgan fingerprint density at radius 2 is 1.76 bits per heavy atom. The maximum Gasteiger partial charge on any atom is 0.126 e. The van der Waals surface area contributed by atoms with E-state index >= 15 is 0 Å². The van der Waals surface area contributed by atoms with E-state index in [-0.39, 0.29) is 0 Å². The van der Waals surface area contributed by atoms with Gasteiger partial charge >= 0.3 is 0 Å². The van der Waals surface area contributed by atoms with Gasteiger partial charge in [0.25, 0.3) is 0 Å². The van der Waals surface area contributed by atoms with E-state index in [9.17, 15) is 8.78 Å². The highest BCUT2D eigenvalue weighted by Gasteiger charge is 2.09. The lowest BCUT2D eigenvalue weighted by Crippen LogP contribution is -2.25. The summed E-state index contributed by atoms with van der Waals surface area (Å²) in [5.74, 6) is -1.10. The van der Waals surface area contributed by atoms with Gasteiger partial charge in [-0.15, -0.1) is 0 Å². The molecule has 2 aromatic rings. The van der Waals surface area contributed by atoms with Gasteiger partial charge in [0, 0.05) is 24.8 Å². The first-order chi connectivity index (χ1) is 10.1. The Morgan fingerprint density at radius 1 is 1.05 bits per heavy atom. The summed E-state index contributed by atoms with van der Waals surface area (Å²) >= 11 is 0. The van der Waals surface area contributed by atoms with Crippen molar-refractivity contribution in [1.29, 1.82) is 0 Å². The molecule has 2 nitrogen and oxygen atoms in total. The summed E-state index contributed by atoms with van der Waals surface area (Å²) in [5.41, 5.74) is 8.38. The van der Waals surface area contributed by atoms with Crippen LogP contribution in [0.1, 0.15) is 17.5 Å². The summed E-state index contributed by atoms with van der Waals surface area (Å²) in [7, 11) is 0. The third-order valence-corrected chi connectivity index (χ3v) is 3.29. The molecule has 0 radical (unpaired) electrons. The molecule has 0 aromatic heterocycles. The van der Waals surface area contributed by atoms with Crippen molar-refractivity contribution in [2.45, 2.75) is 19.9 Å². The molecule has 0 aliphatic carbocycles. The van der Waals surface area contributed by atoms with E-state index in [1.165, 1.54) is 12.1 Å². The lowest BCUT2D eigenvalue weighted by Gasteiger charge is -2.25. The van der Waals surface area contributed by atoms with Gasteiger partial charge in [-0.2, -0.15) is 0 Å². The highest BCUT2D eigenvalue weighted by atomic mass is 19.1. The monoisotopic (exact) mass is 290 g/mol. The van der Waals surface area contributed by atoms with Gasteiger partial charge in [0.1, 0.15) is 11.6 Å². The highest BCUT2D eigenvalue weighted by molar-refractivity contribution is 5.49. The average Bonchev–Trinajstić information content (AvgIpc) is 2.42. The Kier molecular flexibility index (Phi) is 5.28. The van der Waals surface area contributed by atoms with Crippen molar-refractivity contribution in [1.82, 2.24) is 0 Å². The molecular weight excluding hydrogens is 270 g/mol. The van der Waals surface area contributed by atoms with Gasteiger partial charge in [-0.1, -0.05) is 12.1 Å². The minimum Gasteiger partial charge on any atom is -0.367 e. The summed E-state index contributed by atoms with van der Waals surface area (Å²) in [6.07, 6.45) is 0.825. The van der Waals surface area contributed by atoms with Crippen molar-refractivity contribution in [2.75, 3.05) is 18.0 Å². The summed E-state index contributed by atoms with van der Waals surface area (Å²) in [6, 6.07) is 11.7. The smallest absolute Gasteiger partial charge is 0.126 e. The molecule has 2 rings (SSSR count). The quantitative estimate of drug-likeness (QED) is 0.880. The van der Waals surface area contributed by atoms with Gasteiger partial charge in [0.15, 0.2) is 0 Å². The van der Waals surface area contributed by atoms with Crippen molar-refractivity contribution >= 4 is 5.69 Å². The average molecular weight is 290 g/mol. The van der Waals surface area contributed by atoms with Gasteiger partial charge in [0.2, 0.25) is 0 Å². The summed E-state index contributed by atoms with van der Waals surface area (Å²) in [4.78, 5) is 2.09. The molecule has 0 bridgehead atoms. The van der Waals surface area contributed by atoms with E-state index in [0.29, 0.717) is 18.7 Å². The molecule has 4 heteroatoms. The predicted molar refractivity (Wildman–Crippen MR) is 82.3 cm³/mol. The Balaban J connectivity index is 2.23. The normalized spacial score (nSPS) is 10.7. The van der Waals surface area contributed by atoms with Crippen molar-refractivity contribution < 1.29 is 8.78 Å². The minimum absolute atomic E-state index is 0.456. The number of nitrogens with zero attached hydrogens (tertiary/aromatic N) is 1. The lowest BCUT2D eigenvalue weighted by atomic mass is 10.1. The number of hydrogen-bond acceptors (Lipinski definition) is 2. The third-order valence-electron chi connectivity index (χ3n) is 3.29.